The van der Waals surface area contributed by atoms with E-state index >= 15 is 0 Å². The van der Waals surface area contributed by atoms with Crippen LogP contribution in [0.25, 0.3) is 0 Å². The van der Waals surface area contributed by atoms with Crippen molar-refractivity contribution in [2.24, 2.45) is 0 Å². The highest BCUT2D eigenvalue weighted by molar-refractivity contribution is 5.85. The van der Waals surface area contributed by atoms with Crippen molar-refractivity contribution in [3.8, 4) is 0 Å². The Labute approximate surface area is 75.2 Å². The van der Waals surface area contributed by atoms with E-state index in [1.54, 1.807) is 12.3 Å². The molecule has 2 aromatic rings. The third kappa shape index (κ3) is 3.29. The molecule has 0 spiro atoms. The number of hydrogen-bond acceptors (Lipinski definition) is 1. The highest BCUT2D eigenvalue weighted by atomic mass is 16.4. The molecule has 2 heterocycles. The summed E-state index contributed by atoms with van der Waals surface area (Å²) in [6.45, 7) is 0. The maximum absolute atomic E-state index is 10.0. The summed E-state index contributed by atoms with van der Waals surface area (Å²) in [5.41, 5.74) is 0.227. The fourth-order valence-corrected chi connectivity index (χ4v) is 0.741. The van der Waals surface area contributed by atoms with Crippen LogP contribution in [-0.2, 0) is 0 Å². The first-order chi connectivity index (χ1) is 6.30. The molecule has 0 saturated heterocycles. The second-order valence-electron chi connectivity index (χ2n) is 2.27. The number of aromatic nitrogens is 2. The van der Waals surface area contributed by atoms with Gasteiger partial charge in [-0.05, 0) is 24.3 Å². The number of aromatic carboxylic acids is 1. The number of rotatable bonds is 1. The molecule has 0 radical (unpaired) electrons. The number of aromatic amines is 2. The van der Waals surface area contributed by atoms with Crippen LogP contribution in [0.4, 0.5) is 0 Å². The lowest BCUT2D eigenvalue weighted by atomic mass is 10.4. The second-order valence-corrected chi connectivity index (χ2v) is 2.27. The number of H-pyrrole nitrogens is 2. The fourth-order valence-electron chi connectivity index (χ4n) is 0.741. The Balaban J connectivity index is 0.000000145. The molecule has 0 bridgehead atoms. The lowest BCUT2D eigenvalue weighted by molar-refractivity contribution is 0.0691. The van der Waals surface area contributed by atoms with Gasteiger partial charge in [-0.25, -0.2) is 4.79 Å². The van der Waals surface area contributed by atoms with Crippen LogP contribution in [0.2, 0.25) is 0 Å². The molecule has 0 aliphatic carbocycles. The molecule has 2 rings (SSSR count). The minimum Gasteiger partial charge on any atom is -0.477 e. The molecule has 0 aliphatic rings. The lowest BCUT2D eigenvalue weighted by Gasteiger charge is -1.80. The smallest absolute Gasteiger partial charge is 0.352 e. The Morgan fingerprint density at radius 3 is 2.08 bits per heavy atom. The van der Waals surface area contributed by atoms with Crippen molar-refractivity contribution in [2.75, 3.05) is 0 Å². The molecule has 4 heteroatoms. The highest BCUT2D eigenvalue weighted by Crippen LogP contribution is 1.91. The van der Waals surface area contributed by atoms with E-state index < -0.39 is 5.97 Å². The standard InChI is InChI=1S/C5H5NO2.C4H5N/c7-5(8)4-2-1-3-6-4;1-2-4-5-3-1/h1-3,6H,(H,7,8);1-5H. The second kappa shape index (κ2) is 4.82. The number of hydrogen-bond donors (Lipinski definition) is 3. The zero-order chi connectivity index (χ0) is 9.52. The molecule has 0 aromatic carbocycles. The van der Waals surface area contributed by atoms with Crippen LogP contribution in [0.1, 0.15) is 10.5 Å². The first kappa shape index (κ1) is 9.12. The van der Waals surface area contributed by atoms with Gasteiger partial charge in [-0.15, -0.1) is 0 Å². The van der Waals surface area contributed by atoms with Crippen LogP contribution < -0.4 is 0 Å². The van der Waals surface area contributed by atoms with Crippen molar-refractivity contribution >= 4 is 5.97 Å². The quantitative estimate of drug-likeness (QED) is 0.622. The average Bonchev–Trinajstić information content (AvgIpc) is 2.82. The molecule has 0 unspecified atom stereocenters. The van der Waals surface area contributed by atoms with E-state index in [2.05, 4.69) is 9.97 Å². The van der Waals surface area contributed by atoms with Crippen LogP contribution in [-0.4, -0.2) is 21.0 Å². The van der Waals surface area contributed by atoms with E-state index in [0.29, 0.717) is 0 Å². The molecular weight excluding hydrogens is 168 g/mol. The Kier molecular flexibility index (Phi) is 3.38. The van der Waals surface area contributed by atoms with Crippen molar-refractivity contribution in [3.05, 3.63) is 48.5 Å². The summed E-state index contributed by atoms with van der Waals surface area (Å²) in [6.07, 6.45) is 5.32. The Morgan fingerprint density at radius 2 is 1.85 bits per heavy atom. The summed E-state index contributed by atoms with van der Waals surface area (Å²) in [7, 11) is 0. The molecule has 0 aliphatic heterocycles. The third-order valence-corrected chi connectivity index (χ3v) is 1.32. The molecule has 68 valence electrons. The summed E-state index contributed by atoms with van der Waals surface area (Å²) in [6, 6.07) is 7.03. The number of nitrogens with one attached hydrogen (secondary N) is 2. The Bertz CT molecular complexity index is 307. The number of carbonyl (C=O) groups is 1. The van der Waals surface area contributed by atoms with Crippen LogP contribution in [0.3, 0.4) is 0 Å². The SMILES string of the molecule is O=C(O)c1ccc[nH]1.c1cc[nH]c1. The monoisotopic (exact) mass is 178 g/mol. The van der Waals surface area contributed by atoms with E-state index in [9.17, 15) is 4.79 Å². The third-order valence-electron chi connectivity index (χ3n) is 1.32. The first-order valence-corrected chi connectivity index (χ1v) is 3.75. The van der Waals surface area contributed by atoms with Crippen molar-refractivity contribution < 1.29 is 9.90 Å². The molecule has 3 N–H and O–H groups in total. The van der Waals surface area contributed by atoms with Crippen LogP contribution >= 0.6 is 0 Å². The number of carboxylic acid groups (broad SMARTS) is 1. The van der Waals surface area contributed by atoms with Gasteiger partial charge in [-0.2, -0.15) is 0 Å². The van der Waals surface area contributed by atoms with Gasteiger partial charge in [-0.3, -0.25) is 0 Å². The van der Waals surface area contributed by atoms with Gasteiger partial charge in [0, 0.05) is 18.6 Å². The minimum absolute atomic E-state index is 0.227. The molecule has 4 nitrogen and oxygen atoms in total. The lowest BCUT2D eigenvalue weighted by Crippen LogP contribution is -1.94. The molecule has 13 heavy (non-hydrogen) atoms. The molecule has 2 aromatic heterocycles. The summed E-state index contributed by atoms with van der Waals surface area (Å²) in [5, 5.41) is 8.24. The molecule has 0 amide bonds. The summed E-state index contributed by atoms with van der Waals surface area (Å²) >= 11 is 0. The van der Waals surface area contributed by atoms with Gasteiger partial charge in [0.15, 0.2) is 0 Å². The summed E-state index contributed by atoms with van der Waals surface area (Å²) in [5.74, 6) is -0.921. The molecule has 0 atom stereocenters. The predicted molar refractivity (Wildman–Crippen MR) is 48.5 cm³/mol. The topological polar surface area (TPSA) is 68.9 Å². The van der Waals surface area contributed by atoms with Gasteiger partial charge < -0.3 is 15.1 Å². The van der Waals surface area contributed by atoms with Crippen molar-refractivity contribution in [1.82, 2.24) is 9.97 Å². The minimum atomic E-state index is -0.921. The van der Waals surface area contributed by atoms with Crippen molar-refractivity contribution in [1.29, 1.82) is 0 Å². The van der Waals surface area contributed by atoms with Crippen LogP contribution in [0, 0.1) is 0 Å². The van der Waals surface area contributed by atoms with Crippen molar-refractivity contribution in [2.45, 2.75) is 0 Å². The first-order valence-electron chi connectivity index (χ1n) is 3.75. The molecular formula is C9H10N2O2. The summed E-state index contributed by atoms with van der Waals surface area (Å²) < 4.78 is 0. The van der Waals surface area contributed by atoms with Crippen molar-refractivity contribution in [3.63, 3.8) is 0 Å². The van der Waals surface area contributed by atoms with E-state index in [1.807, 2.05) is 24.5 Å². The maximum atomic E-state index is 10.0. The predicted octanol–water partition coefficient (Wildman–Crippen LogP) is 1.73. The van der Waals surface area contributed by atoms with E-state index in [1.165, 1.54) is 6.07 Å². The van der Waals surface area contributed by atoms with Gasteiger partial charge in [0.05, 0.1) is 0 Å². The van der Waals surface area contributed by atoms with Gasteiger partial charge >= 0.3 is 5.97 Å². The molecule has 0 fully saturated rings. The Morgan fingerprint density at radius 1 is 1.15 bits per heavy atom. The fraction of sp³-hybridized carbons (Fsp3) is 0. The zero-order valence-electron chi connectivity index (χ0n) is 6.90. The average molecular weight is 178 g/mol. The zero-order valence-corrected chi connectivity index (χ0v) is 6.90. The van der Waals surface area contributed by atoms with E-state index in [0.717, 1.165) is 0 Å². The van der Waals surface area contributed by atoms with Gasteiger partial charge in [0.25, 0.3) is 0 Å². The molecule has 0 saturated carbocycles. The normalized spacial score (nSPS) is 8.62. The maximum Gasteiger partial charge on any atom is 0.352 e. The van der Waals surface area contributed by atoms with Gasteiger partial charge in [0.1, 0.15) is 5.69 Å². The van der Waals surface area contributed by atoms with Crippen LogP contribution in [0.15, 0.2) is 42.9 Å². The Hall–Kier alpha value is -1.97. The van der Waals surface area contributed by atoms with Gasteiger partial charge in [0.2, 0.25) is 0 Å². The van der Waals surface area contributed by atoms with E-state index in [4.69, 9.17) is 5.11 Å². The van der Waals surface area contributed by atoms with Crippen LogP contribution in [0.5, 0.6) is 0 Å². The van der Waals surface area contributed by atoms with Gasteiger partial charge in [-0.1, -0.05) is 0 Å². The number of carboxylic acids is 1. The van der Waals surface area contributed by atoms with E-state index in [-0.39, 0.29) is 5.69 Å². The largest absolute Gasteiger partial charge is 0.477 e. The highest BCUT2D eigenvalue weighted by Gasteiger charge is 1.98. The summed E-state index contributed by atoms with van der Waals surface area (Å²) in [4.78, 5) is 15.4.